The van der Waals surface area contributed by atoms with Gasteiger partial charge in [0.15, 0.2) is 0 Å². The minimum absolute atomic E-state index is 0.0838. The van der Waals surface area contributed by atoms with E-state index >= 15 is 0 Å². The van der Waals surface area contributed by atoms with Gasteiger partial charge >= 0.3 is 12.1 Å². The highest BCUT2D eigenvalue weighted by Crippen LogP contribution is 2.41. The second-order valence-corrected chi connectivity index (χ2v) is 13.2. The third-order valence-electron chi connectivity index (χ3n) is 6.79. The Morgan fingerprint density at radius 1 is 0.930 bits per heavy atom. The molecule has 3 N–H and O–H groups in total. The molecule has 5 unspecified atom stereocenters. The van der Waals surface area contributed by atoms with Crippen molar-refractivity contribution in [1.82, 2.24) is 15.5 Å². The number of hydrogen-bond acceptors (Lipinski definition) is 7. The van der Waals surface area contributed by atoms with Crippen molar-refractivity contribution < 1.29 is 33.8 Å². The van der Waals surface area contributed by atoms with Crippen molar-refractivity contribution in [3.05, 3.63) is 65.7 Å². The summed E-state index contributed by atoms with van der Waals surface area (Å²) in [5.41, 5.74) is -0.393. The van der Waals surface area contributed by atoms with Crippen LogP contribution in [0, 0.1) is 5.92 Å². The van der Waals surface area contributed by atoms with Crippen molar-refractivity contribution in [1.29, 1.82) is 0 Å². The lowest BCUT2D eigenvalue weighted by atomic mass is 10.00. The number of carbonyl (C=O) groups is 4. The van der Waals surface area contributed by atoms with Crippen LogP contribution >= 0.6 is 0 Å². The van der Waals surface area contributed by atoms with Crippen LogP contribution in [0.4, 0.5) is 4.79 Å². The molecule has 1 saturated carbocycles. The number of ether oxygens (including phenoxy) is 2. The van der Waals surface area contributed by atoms with Crippen LogP contribution in [0.3, 0.4) is 0 Å². The van der Waals surface area contributed by atoms with Crippen LogP contribution in [0.25, 0.3) is 0 Å². The van der Waals surface area contributed by atoms with Gasteiger partial charge in [-0.05, 0) is 84.1 Å². The fourth-order valence-corrected chi connectivity index (χ4v) is 4.74. The maximum absolute atomic E-state index is 14.2. The molecule has 0 aliphatic heterocycles. The molecule has 0 heterocycles. The van der Waals surface area contributed by atoms with Gasteiger partial charge in [0.2, 0.25) is 11.8 Å². The van der Waals surface area contributed by atoms with Gasteiger partial charge in [0.05, 0.1) is 0 Å². The number of aromatic hydroxyl groups is 1. The third-order valence-corrected chi connectivity index (χ3v) is 6.79. The Labute approximate surface area is 254 Å². The molecule has 5 atom stereocenters. The number of amides is 3. The van der Waals surface area contributed by atoms with E-state index in [0.717, 1.165) is 5.56 Å². The molecule has 10 heteroatoms. The van der Waals surface area contributed by atoms with Crippen LogP contribution in [0.15, 0.2) is 54.6 Å². The van der Waals surface area contributed by atoms with Gasteiger partial charge in [-0.2, -0.15) is 0 Å². The number of rotatable bonds is 10. The molecule has 234 valence electrons. The molecule has 3 amide bonds. The van der Waals surface area contributed by atoms with E-state index in [4.69, 9.17) is 9.47 Å². The fraction of sp³-hybridized carbons (Fsp3) is 0.515. The predicted octanol–water partition coefficient (Wildman–Crippen LogP) is 4.65. The Bertz CT molecular complexity index is 1300. The summed E-state index contributed by atoms with van der Waals surface area (Å²) in [7, 11) is 0. The molecule has 1 aliphatic rings. The Morgan fingerprint density at radius 2 is 1.53 bits per heavy atom. The molecule has 0 saturated heterocycles. The summed E-state index contributed by atoms with van der Waals surface area (Å²) in [5.74, 6) is -1.72. The van der Waals surface area contributed by atoms with Crippen LogP contribution in [-0.2, 0) is 30.3 Å². The fourth-order valence-electron chi connectivity index (χ4n) is 4.74. The molecule has 43 heavy (non-hydrogen) atoms. The lowest BCUT2D eigenvalue weighted by molar-refractivity contribution is -0.159. The van der Waals surface area contributed by atoms with Gasteiger partial charge in [0, 0.05) is 12.5 Å². The number of phenols is 1. The molecule has 1 fully saturated rings. The summed E-state index contributed by atoms with van der Waals surface area (Å²) in [4.78, 5) is 55.5. The van der Waals surface area contributed by atoms with Gasteiger partial charge < -0.3 is 30.1 Å². The van der Waals surface area contributed by atoms with Crippen molar-refractivity contribution in [2.75, 3.05) is 0 Å². The molecular formula is C33H45N3O7. The highest BCUT2D eigenvalue weighted by atomic mass is 16.6. The summed E-state index contributed by atoms with van der Waals surface area (Å²) in [6, 6.07) is 11.8. The monoisotopic (exact) mass is 595 g/mol. The van der Waals surface area contributed by atoms with Crippen molar-refractivity contribution in [2.45, 2.75) is 104 Å². The molecular weight excluding hydrogens is 550 g/mol. The first-order chi connectivity index (χ1) is 19.9. The third kappa shape index (κ3) is 10.0. The molecule has 2 aromatic rings. The van der Waals surface area contributed by atoms with Gasteiger partial charge in [-0.1, -0.05) is 49.4 Å². The SMILES string of the molecule is CC(NC(=O)OC(C)(C)C)C(=O)N(C(C(=O)NC(Cc1ccccc1)C(=O)OC(C)(C)C)c1cccc(O)c1)C1CC1C. The van der Waals surface area contributed by atoms with Gasteiger partial charge in [0.25, 0.3) is 0 Å². The number of esters is 1. The number of hydrogen-bond donors (Lipinski definition) is 3. The number of benzene rings is 2. The van der Waals surface area contributed by atoms with E-state index in [1.54, 1.807) is 53.7 Å². The van der Waals surface area contributed by atoms with Crippen LogP contribution < -0.4 is 10.6 Å². The quantitative estimate of drug-likeness (QED) is 0.340. The first-order valence-corrected chi connectivity index (χ1v) is 14.6. The molecule has 3 rings (SSSR count). The zero-order valence-electron chi connectivity index (χ0n) is 26.3. The Hall–Kier alpha value is -4.08. The average Bonchev–Trinajstić information content (AvgIpc) is 3.60. The number of carbonyl (C=O) groups excluding carboxylic acids is 4. The highest BCUT2D eigenvalue weighted by molar-refractivity contribution is 5.94. The van der Waals surface area contributed by atoms with E-state index < -0.39 is 53.2 Å². The van der Waals surface area contributed by atoms with Crippen molar-refractivity contribution in [3.63, 3.8) is 0 Å². The van der Waals surface area contributed by atoms with Gasteiger partial charge in [-0.15, -0.1) is 0 Å². The van der Waals surface area contributed by atoms with E-state index in [9.17, 15) is 24.3 Å². The summed E-state index contributed by atoms with van der Waals surface area (Å²) in [5, 5.41) is 15.7. The number of nitrogens with one attached hydrogen (secondary N) is 2. The highest BCUT2D eigenvalue weighted by Gasteiger charge is 2.48. The first-order valence-electron chi connectivity index (χ1n) is 14.6. The van der Waals surface area contributed by atoms with Crippen LogP contribution in [0.5, 0.6) is 5.75 Å². The lowest BCUT2D eigenvalue weighted by Crippen LogP contribution is -2.55. The summed E-state index contributed by atoms with van der Waals surface area (Å²) < 4.78 is 11.0. The summed E-state index contributed by atoms with van der Waals surface area (Å²) >= 11 is 0. The van der Waals surface area contributed by atoms with Gasteiger partial charge in [0.1, 0.15) is 35.1 Å². The maximum atomic E-state index is 14.2. The largest absolute Gasteiger partial charge is 0.508 e. The standard InChI is InChI=1S/C33H45N3O7/c1-20-17-26(20)36(29(39)21(2)34-31(41)43-33(6,7)8)27(23-15-12-16-24(37)19-23)28(38)35-25(30(40)42-32(3,4)5)18-22-13-10-9-11-14-22/h9-16,19-21,25-27,37H,17-18H2,1-8H3,(H,34,41)(H,35,38). The average molecular weight is 596 g/mol. The molecule has 0 bridgehead atoms. The molecule has 2 aromatic carbocycles. The van der Waals surface area contributed by atoms with Crippen LogP contribution in [0.2, 0.25) is 0 Å². The van der Waals surface area contributed by atoms with Crippen molar-refractivity contribution in [3.8, 4) is 5.75 Å². The second kappa shape index (κ2) is 13.5. The minimum Gasteiger partial charge on any atom is -0.508 e. The van der Waals surface area contributed by atoms with E-state index in [0.29, 0.717) is 12.0 Å². The zero-order chi connectivity index (χ0) is 32.1. The molecule has 0 radical (unpaired) electrons. The van der Waals surface area contributed by atoms with E-state index in [1.165, 1.54) is 24.0 Å². The Kier molecular flexibility index (Phi) is 10.5. The van der Waals surface area contributed by atoms with Gasteiger partial charge in [-0.3, -0.25) is 9.59 Å². The molecule has 10 nitrogen and oxygen atoms in total. The van der Waals surface area contributed by atoms with Crippen LogP contribution in [0.1, 0.15) is 79.0 Å². The molecule has 1 aliphatic carbocycles. The number of phenolic OH excluding ortho intramolecular Hbond substituents is 1. The number of nitrogens with zero attached hydrogens (tertiary/aromatic N) is 1. The zero-order valence-corrected chi connectivity index (χ0v) is 26.3. The second-order valence-electron chi connectivity index (χ2n) is 13.2. The van der Waals surface area contributed by atoms with Gasteiger partial charge in [-0.25, -0.2) is 9.59 Å². The molecule has 0 spiro atoms. The minimum atomic E-state index is -1.21. The van der Waals surface area contributed by atoms with E-state index in [1.807, 2.05) is 37.3 Å². The molecule has 0 aromatic heterocycles. The summed E-state index contributed by atoms with van der Waals surface area (Å²) in [6.07, 6.45) is 0.0504. The normalized spacial score (nSPS) is 18.4. The topological polar surface area (TPSA) is 134 Å². The smallest absolute Gasteiger partial charge is 0.408 e. The van der Waals surface area contributed by atoms with E-state index in [-0.39, 0.29) is 24.1 Å². The predicted molar refractivity (Wildman–Crippen MR) is 162 cm³/mol. The lowest BCUT2D eigenvalue weighted by Gasteiger charge is -2.35. The summed E-state index contributed by atoms with van der Waals surface area (Å²) in [6.45, 7) is 13.9. The maximum Gasteiger partial charge on any atom is 0.408 e. The van der Waals surface area contributed by atoms with Crippen LogP contribution in [-0.4, -0.2) is 63.2 Å². The first kappa shape index (κ1) is 33.4. The number of alkyl carbamates (subject to hydrolysis) is 1. The van der Waals surface area contributed by atoms with Crippen molar-refractivity contribution >= 4 is 23.9 Å². The van der Waals surface area contributed by atoms with Crippen molar-refractivity contribution in [2.24, 2.45) is 5.92 Å². The Morgan fingerprint density at radius 3 is 2.07 bits per heavy atom. The van der Waals surface area contributed by atoms with E-state index in [2.05, 4.69) is 10.6 Å². The Balaban J connectivity index is 1.99.